The molecule has 19 heavy (non-hydrogen) atoms. The number of nitrogens with zero attached hydrogens (tertiary/aromatic N) is 3. The van der Waals surface area contributed by atoms with Gasteiger partial charge in [0, 0.05) is 25.2 Å². The lowest BCUT2D eigenvalue weighted by atomic mass is 10.1. The lowest BCUT2D eigenvalue weighted by molar-refractivity contribution is -0.120. The standard InChI is InChI=1S/C13H15N5O/c1-3-14-10(19)4-8-5-15-13-11(8)12-9(6-16-13)17-7-18(12)2/h5-7H,3-4H2,1-2H3,(H,14,19)(H,15,16). The summed E-state index contributed by atoms with van der Waals surface area (Å²) in [6, 6.07) is 0. The molecule has 0 atom stereocenters. The van der Waals surface area contributed by atoms with Crippen molar-refractivity contribution < 1.29 is 4.79 Å². The first-order valence-electron chi connectivity index (χ1n) is 6.23. The zero-order valence-corrected chi connectivity index (χ0v) is 10.9. The van der Waals surface area contributed by atoms with Crippen LogP contribution in [0.2, 0.25) is 0 Å². The summed E-state index contributed by atoms with van der Waals surface area (Å²) in [7, 11) is 1.94. The molecule has 1 amide bonds. The van der Waals surface area contributed by atoms with Gasteiger partial charge >= 0.3 is 0 Å². The predicted molar refractivity (Wildman–Crippen MR) is 72.8 cm³/mol. The van der Waals surface area contributed by atoms with E-state index >= 15 is 0 Å². The quantitative estimate of drug-likeness (QED) is 0.738. The fraction of sp³-hybridized carbons (Fsp3) is 0.308. The summed E-state index contributed by atoms with van der Waals surface area (Å²) in [5.74, 6) is 0.0163. The molecule has 3 aromatic rings. The maximum atomic E-state index is 11.7. The van der Waals surface area contributed by atoms with Crippen LogP contribution in [0, 0.1) is 0 Å². The summed E-state index contributed by atoms with van der Waals surface area (Å²) in [5, 5.41) is 3.79. The molecule has 2 N–H and O–H groups in total. The van der Waals surface area contributed by atoms with Crippen molar-refractivity contribution in [1.82, 2.24) is 24.8 Å². The maximum Gasteiger partial charge on any atom is 0.224 e. The highest BCUT2D eigenvalue weighted by molar-refractivity contribution is 6.04. The van der Waals surface area contributed by atoms with Gasteiger partial charge in [-0.1, -0.05) is 0 Å². The van der Waals surface area contributed by atoms with Crippen LogP contribution in [0.15, 0.2) is 18.7 Å². The molecule has 0 fully saturated rings. The number of nitrogens with one attached hydrogen (secondary N) is 2. The topological polar surface area (TPSA) is 75.6 Å². The number of imidazole rings is 1. The molecular weight excluding hydrogens is 242 g/mol. The summed E-state index contributed by atoms with van der Waals surface area (Å²) in [6.07, 6.45) is 5.69. The van der Waals surface area contributed by atoms with Crippen LogP contribution in [0.25, 0.3) is 22.1 Å². The Morgan fingerprint density at radius 2 is 2.32 bits per heavy atom. The zero-order chi connectivity index (χ0) is 13.4. The summed E-state index contributed by atoms with van der Waals surface area (Å²) in [5.41, 5.74) is 3.58. The third kappa shape index (κ3) is 1.85. The minimum atomic E-state index is 0.0163. The smallest absolute Gasteiger partial charge is 0.224 e. The lowest BCUT2D eigenvalue weighted by Gasteiger charge is -2.02. The van der Waals surface area contributed by atoms with Crippen LogP contribution in [0.3, 0.4) is 0 Å². The minimum absolute atomic E-state index is 0.0163. The van der Waals surface area contributed by atoms with E-state index in [-0.39, 0.29) is 5.91 Å². The van der Waals surface area contributed by atoms with E-state index in [0.29, 0.717) is 13.0 Å². The second-order valence-corrected chi connectivity index (χ2v) is 4.52. The van der Waals surface area contributed by atoms with Crippen molar-refractivity contribution in [2.24, 2.45) is 7.05 Å². The van der Waals surface area contributed by atoms with Crippen LogP contribution < -0.4 is 5.32 Å². The van der Waals surface area contributed by atoms with E-state index in [0.717, 1.165) is 27.6 Å². The van der Waals surface area contributed by atoms with E-state index in [1.165, 1.54) is 0 Å². The highest BCUT2D eigenvalue weighted by atomic mass is 16.1. The molecule has 0 aliphatic heterocycles. The van der Waals surface area contributed by atoms with Crippen LogP contribution in [0.5, 0.6) is 0 Å². The molecule has 0 spiro atoms. The monoisotopic (exact) mass is 257 g/mol. The Labute approximate surface area is 109 Å². The van der Waals surface area contributed by atoms with Crippen molar-refractivity contribution in [2.45, 2.75) is 13.3 Å². The summed E-state index contributed by atoms with van der Waals surface area (Å²) in [4.78, 5) is 23.5. The Bertz CT molecular complexity index is 755. The van der Waals surface area contributed by atoms with Crippen LogP contribution >= 0.6 is 0 Å². The van der Waals surface area contributed by atoms with E-state index in [9.17, 15) is 4.79 Å². The molecular formula is C13H15N5O. The van der Waals surface area contributed by atoms with Gasteiger partial charge in [-0.25, -0.2) is 9.97 Å². The normalized spacial score (nSPS) is 11.3. The van der Waals surface area contributed by atoms with Crippen LogP contribution in [-0.2, 0) is 18.3 Å². The summed E-state index contributed by atoms with van der Waals surface area (Å²) >= 11 is 0. The van der Waals surface area contributed by atoms with Gasteiger partial charge < -0.3 is 14.9 Å². The number of carbonyl (C=O) groups is 1. The molecule has 0 aliphatic rings. The molecule has 6 heteroatoms. The number of pyridine rings is 1. The first-order chi connectivity index (χ1) is 9.20. The van der Waals surface area contributed by atoms with Gasteiger partial charge in [0.2, 0.25) is 5.91 Å². The van der Waals surface area contributed by atoms with E-state index in [4.69, 9.17) is 0 Å². The summed E-state index contributed by atoms with van der Waals surface area (Å²) < 4.78 is 1.95. The number of carbonyl (C=O) groups excluding carboxylic acids is 1. The SMILES string of the molecule is CCNC(=O)Cc1c[nH]c2ncc3ncn(C)c3c12. The second-order valence-electron chi connectivity index (χ2n) is 4.52. The van der Waals surface area contributed by atoms with Crippen molar-refractivity contribution in [1.29, 1.82) is 0 Å². The molecule has 98 valence electrons. The predicted octanol–water partition coefficient (Wildman–Crippen LogP) is 1.13. The molecule has 0 saturated carbocycles. The Morgan fingerprint density at radius 3 is 3.11 bits per heavy atom. The van der Waals surface area contributed by atoms with Gasteiger partial charge in [0.15, 0.2) is 0 Å². The highest BCUT2D eigenvalue weighted by Gasteiger charge is 2.14. The molecule has 0 bridgehead atoms. The number of H-pyrrole nitrogens is 1. The van der Waals surface area contributed by atoms with Gasteiger partial charge in [-0.3, -0.25) is 4.79 Å². The van der Waals surface area contributed by atoms with E-state index < -0.39 is 0 Å². The number of rotatable bonds is 3. The minimum Gasteiger partial charge on any atom is -0.356 e. The molecule has 0 saturated heterocycles. The van der Waals surface area contributed by atoms with Gasteiger partial charge in [0.25, 0.3) is 0 Å². The second kappa shape index (κ2) is 4.38. The van der Waals surface area contributed by atoms with Crippen LogP contribution in [0.1, 0.15) is 12.5 Å². The number of hydrogen-bond acceptors (Lipinski definition) is 3. The Balaban J connectivity index is 2.17. The van der Waals surface area contributed by atoms with E-state index in [1.807, 2.05) is 24.7 Å². The highest BCUT2D eigenvalue weighted by Crippen LogP contribution is 2.25. The lowest BCUT2D eigenvalue weighted by Crippen LogP contribution is -2.24. The number of aromatic amines is 1. The first-order valence-corrected chi connectivity index (χ1v) is 6.23. The number of fused-ring (bicyclic) bond motifs is 3. The molecule has 3 aromatic heterocycles. The molecule has 0 aliphatic carbocycles. The van der Waals surface area contributed by atoms with Crippen LogP contribution in [-0.4, -0.2) is 32.0 Å². The van der Waals surface area contributed by atoms with Gasteiger partial charge in [0.05, 0.1) is 24.5 Å². The van der Waals surface area contributed by atoms with Gasteiger partial charge in [-0.2, -0.15) is 0 Å². The molecule has 6 nitrogen and oxygen atoms in total. The largest absolute Gasteiger partial charge is 0.356 e. The Hall–Kier alpha value is -2.37. The number of hydrogen-bond donors (Lipinski definition) is 2. The van der Waals surface area contributed by atoms with Crippen LogP contribution in [0.4, 0.5) is 0 Å². The number of aryl methyl sites for hydroxylation is 1. The Morgan fingerprint density at radius 1 is 1.47 bits per heavy atom. The number of likely N-dealkylation sites (N-methyl/N-ethyl adjacent to an activating group) is 1. The van der Waals surface area contributed by atoms with Gasteiger partial charge in [-0.15, -0.1) is 0 Å². The van der Waals surface area contributed by atoms with Gasteiger partial charge in [-0.05, 0) is 12.5 Å². The number of amides is 1. The van der Waals surface area contributed by atoms with E-state index in [1.54, 1.807) is 12.5 Å². The summed E-state index contributed by atoms with van der Waals surface area (Å²) in [6.45, 7) is 2.55. The van der Waals surface area contributed by atoms with Crippen molar-refractivity contribution in [2.75, 3.05) is 6.54 Å². The zero-order valence-electron chi connectivity index (χ0n) is 10.9. The molecule has 0 aromatic carbocycles. The van der Waals surface area contributed by atoms with Crippen molar-refractivity contribution in [3.8, 4) is 0 Å². The van der Waals surface area contributed by atoms with Crippen molar-refractivity contribution in [3.63, 3.8) is 0 Å². The third-order valence-electron chi connectivity index (χ3n) is 3.18. The molecule has 0 unspecified atom stereocenters. The molecule has 3 heterocycles. The molecule has 0 radical (unpaired) electrons. The molecule has 3 rings (SSSR count). The first kappa shape index (κ1) is 11.7. The van der Waals surface area contributed by atoms with Crippen molar-refractivity contribution >= 4 is 28.0 Å². The fourth-order valence-electron chi connectivity index (χ4n) is 2.36. The average Bonchev–Trinajstić information content (AvgIpc) is 2.94. The Kier molecular flexibility index (Phi) is 2.70. The van der Waals surface area contributed by atoms with Gasteiger partial charge in [0.1, 0.15) is 11.2 Å². The maximum absolute atomic E-state index is 11.7. The average molecular weight is 257 g/mol. The van der Waals surface area contributed by atoms with E-state index in [2.05, 4.69) is 20.3 Å². The number of aromatic nitrogens is 4. The third-order valence-corrected chi connectivity index (χ3v) is 3.18. The van der Waals surface area contributed by atoms with Crippen molar-refractivity contribution in [3.05, 3.63) is 24.3 Å². The fourth-order valence-corrected chi connectivity index (χ4v) is 2.36.